The summed E-state index contributed by atoms with van der Waals surface area (Å²) >= 11 is 0. The minimum absolute atomic E-state index is 0.158. The van der Waals surface area contributed by atoms with Crippen LogP contribution >= 0.6 is 0 Å². The monoisotopic (exact) mass is 173 g/mol. The second kappa shape index (κ2) is 4.42. The van der Waals surface area contributed by atoms with Crippen molar-refractivity contribution in [3.05, 3.63) is 0 Å². The van der Waals surface area contributed by atoms with Gasteiger partial charge in [-0.3, -0.25) is 4.79 Å². The van der Waals surface area contributed by atoms with E-state index in [-0.39, 0.29) is 5.91 Å². The summed E-state index contributed by atoms with van der Waals surface area (Å²) in [5, 5.41) is 0. The van der Waals surface area contributed by atoms with Crippen LogP contribution in [-0.2, 0) is 14.6 Å². The molecule has 12 heavy (non-hydrogen) atoms. The normalized spacial score (nSPS) is 23.7. The molecule has 1 rings (SSSR count). The topological polar surface area (TPSA) is 38.8 Å². The number of carbonyl (C=O) groups is 1. The van der Waals surface area contributed by atoms with E-state index >= 15 is 0 Å². The highest BCUT2D eigenvalue weighted by Crippen LogP contribution is 2.15. The molecule has 1 saturated heterocycles. The third-order valence-corrected chi connectivity index (χ3v) is 1.96. The molecule has 0 aromatic heterocycles. The number of nitrogens with zero attached hydrogens (tertiary/aromatic N) is 1. The lowest BCUT2D eigenvalue weighted by Crippen LogP contribution is -2.28. The van der Waals surface area contributed by atoms with E-state index in [1.54, 1.807) is 19.0 Å². The fourth-order valence-corrected chi connectivity index (χ4v) is 1.09. The number of amides is 1. The molecule has 0 N–H and O–H groups in total. The highest BCUT2D eigenvalue weighted by atomic mass is 17.2. The number of hydrogen-bond acceptors (Lipinski definition) is 3. The van der Waals surface area contributed by atoms with Crippen molar-refractivity contribution in [3.8, 4) is 0 Å². The molecule has 1 amide bonds. The van der Waals surface area contributed by atoms with E-state index in [4.69, 9.17) is 9.78 Å². The largest absolute Gasteiger partial charge is 0.349 e. The van der Waals surface area contributed by atoms with Gasteiger partial charge in [0, 0.05) is 20.5 Å². The minimum Gasteiger partial charge on any atom is -0.349 e. The van der Waals surface area contributed by atoms with Crippen LogP contribution in [0.3, 0.4) is 0 Å². The Labute approximate surface area is 72.4 Å². The Hall–Kier alpha value is -0.610. The molecule has 0 bridgehead atoms. The third-order valence-electron chi connectivity index (χ3n) is 1.96. The zero-order valence-corrected chi connectivity index (χ0v) is 7.58. The minimum atomic E-state index is 0.158. The number of carbonyl (C=O) groups excluding carboxylic acids is 1. The Balaban J connectivity index is 2.24. The molecule has 70 valence electrons. The third kappa shape index (κ3) is 2.79. The van der Waals surface area contributed by atoms with E-state index in [0.717, 1.165) is 6.42 Å². The molecule has 1 atom stereocenters. The quantitative estimate of drug-likeness (QED) is 0.568. The van der Waals surface area contributed by atoms with Gasteiger partial charge in [0.05, 0.1) is 13.2 Å². The van der Waals surface area contributed by atoms with Gasteiger partial charge in [0.1, 0.15) is 0 Å². The summed E-state index contributed by atoms with van der Waals surface area (Å²) in [6.07, 6.45) is 1.48. The van der Waals surface area contributed by atoms with Crippen molar-refractivity contribution in [2.75, 3.05) is 27.3 Å². The fourth-order valence-electron chi connectivity index (χ4n) is 1.09. The molecule has 1 fully saturated rings. The molecular formula is C8H15NO3. The predicted molar refractivity (Wildman–Crippen MR) is 43.3 cm³/mol. The van der Waals surface area contributed by atoms with Gasteiger partial charge < -0.3 is 4.90 Å². The SMILES string of the molecule is CN(C)C(=O)CC1CCOOC1. The average Bonchev–Trinajstić information content (AvgIpc) is 2.06. The average molecular weight is 173 g/mol. The Bertz CT molecular complexity index is 152. The van der Waals surface area contributed by atoms with Crippen LogP contribution in [0.1, 0.15) is 12.8 Å². The van der Waals surface area contributed by atoms with Crippen LogP contribution in [0.25, 0.3) is 0 Å². The predicted octanol–water partition coefficient (Wildman–Crippen LogP) is 0.433. The lowest BCUT2D eigenvalue weighted by Gasteiger charge is -2.21. The lowest BCUT2D eigenvalue weighted by atomic mass is 10.0. The molecule has 4 heteroatoms. The van der Waals surface area contributed by atoms with E-state index in [0.29, 0.717) is 25.6 Å². The Morgan fingerprint density at radius 2 is 2.25 bits per heavy atom. The van der Waals surface area contributed by atoms with E-state index in [1.807, 2.05) is 0 Å². The van der Waals surface area contributed by atoms with Crippen molar-refractivity contribution in [2.45, 2.75) is 12.8 Å². The summed E-state index contributed by atoms with van der Waals surface area (Å²) in [5.74, 6) is 0.485. The van der Waals surface area contributed by atoms with Crippen LogP contribution in [0.4, 0.5) is 0 Å². The summed E-state index contributed by atoms with van der Waals surface area (Å²) in [7, 11) is 3.53. The molecule has 0 spiro atoms. The van der Waals surface area contributed by atoms with E-state index in [9.17, 15) is 4.79 Å². The number of rotatable bonds is 2. The maximum Gasteiger partial charge on any atom is 0.222 e. The second-order valence-corrected chi connectivity index (χ2v) is 3.25. The van der Waals surface area contributed by atoms with Gasteiger partial charge >= 0.3 is 0 Å². The first-order valence-corrected chi connectivity index (χ1v) is 4.14. The van der Waals surface area contributed by atoms with E-state index < -0.39 is 0 Å². The summed E-state index contributed by atoms with van der Waals surface area (Å²) in [6, 6.07) is 0. The smallest absolute Gasteiger partial charge is 0.222 e. The highest BCUT2D eigenvalue weighted by molar-refractivity contribution is 5.75. The van der Waals surface area contributed by atoms with Crippen molar-refractivity contribution in [2.24, 2.45) is 5.92 Å². The molecule has 1 heterocycles. The summed E-state index contributed by atoms with van der Waals surface area (Å²) < 4.78 is 0. The molecule has 0 saturated carbocycles. The molecule has 1 unspecified atom stereocenters. The first-order chi connectivity index (χ1) is 5.70. The van der Waals surface area contributed by atoms with Crippen molar-refractivity contribution < 1.29 is 14.6 Å². The van der Waals surface area contributed by atoms with Crippen LogP contribution in [0.2, 0.25) is 0 Å². The highest BCUT2D eigenvalue weighted by Gasteiger charge is 2.19. The van der Waals surface area contributed by atoms with Gasteiger partial charge in [0.2, 0.25) is 5.91 Å². The van der Waals surface area contributed by atoms with Crippen molar-refractivity contribution in [3.63, 3.8) is 0 Å². The molecule has 0 aliphatic carbocycles. The van der Waals surface area contributed by atoms with Crippen LogP contribution in [0, 0.1) is 5.92 Å². The first-order valence-electron chi connectivity index (χ1n) is 4.14. The Morgan fingerprint density at radius 1 is 1.50 bits per heavy atom. The van der Waals surface area contributed by atoms with Crippen LogP contribution in [0.15, 0.2) is 0 Å². The molecule has 0 aromatic carbocycles. The molecule has 0 aromatic rings. The van der Waals surface area contributed by atoms with Gasteiger partial charge in [0.25, 0.3) is 0 Å². The standard InChI is InChI=1S/C8H15NO3/c1-9(2)8(10)5-7-3-4-11-12-6-7/h7H,3-6H2,1-2H3. The first kappa shape index (κ1) is 9.48. The van der Waals surface area contributed by atoms with Gasteiger partial charge in [-0.05, 0) is 12.3 Å². The lowest BCUT2D eigenvalue weighted by molar-refractivity contribution is -0.324. The van der Waals surface area contributed by atoms with E-state index in [1.165, 1.54) is 0 Å². The summed E-state index contributed by atoms with van der Waals surface area (Å²) in [5.41, 5.74) is 0. The second-order valence-electron chi connectivity index (χ2n) is 3.25. The Kier molecular flexibility index (Phi) is 3.49. The van der Waals surface area contributed by atoms with Gasteiger partial charge in [-0.2, -0.15) is 0 Å². The van der Waals surface area contributed by atoms with Crippen molar-refractivity contribution in [1.29, 1.82) is 0 Å². The van der Waals surface area contributed by atoms with Crippen LogP contribution in [-0.4, -0.2) is 38.1 Å². The Morgan fingerprint density at radius 3 is 2.75 bits per heavy atom. The van der Waals surface area contributed by atoms with Crippen molar-refractivity contribution in [1.82, 2.24) is 4.90 Å². The van der Waals surface area contributed by atoms with E-state index in [2.05, 4.69) is 0 Å². The maximum atomic E-state index is 11.2. The van der Waals surface area contributed by atoms with Gasteiger partial charge in [-0.1, -0.05) is 0 Å². The van der Waals surface area contributed by atoms with Gasteiger partial charge in [-0.25, -0.2) is 9.78 Å². The molecule has 1 aliphatic rings. The van der Waals surface area contributed by atoms with Gasteiger partial charge in [-0.15, -0.1) is 0 Å². The number of hydrogen-bond donors (Lipinski definition) is 0. The molecule has 1 aliphatic heterocycles. The van der Waals surface area contributed by atoms with Crippen LogP contribution < -0.4 is 0 Å². The van der Waals surface area contributed by atoms with Crippen molar-refractivity contribution >= 4 is 5.91 Å². The fraction of sp³-hybridized carbons (Fsp3) is 0.875. The van der Waals surface area contributed by atoms with Crippen LogP contribution in [0.5, 0.6) is 0 Å². The maximum absolute atomic E-state index is 11.2. The molecular weight excluding hydrogens is 158 g/mol. The summed E-state index contributed by atoms with van der Waals surface area (Å²) in [6.45, 7) is 1.14. The molecule has 0 radical (unpaired) electrons. The summed E-state index contributed by atoms with van der Waals surface area (Å²) in [4.78, 5) is 22.4. The zero-order valence-electron chi connectivity index (χ0n) is 7.58. The molecule has 4 nitrogen and oxygen atoms in total. The zero-order chi connectivity index (χ0) is 8.97. The van der Waals surface area contributed by atoms with Gasteiger partial charge in [0.15, 0.2) is 0 Å².